The SMILES string of the molecule is Cc1ccccc1-c1cccc2[cH-]c(C3(c4cc5c(-c6ccccc6C)cccc5[cH-]4)CCC3)cc12.[CH3-].[CH3-].[Hf+4]. The standard InChI is InChI=1S/C36H30.2CH3.Hf/c1-24-10-3-5-14-30(24)32-16-7-12-26-20-28(22-34(26)32)36(18-9-19-36)29-21-27-13-8-17-33(35(27)23-29)31-15-6-4-11-25(31)2;;;/h3-8,10-17,20-23H,9,18-19H2,1-2H3;2*1H3;/q-2;2*-1;+4. The minimum Gasteiger partial charge on any atom is -0.358 e. The van der Waals surface area contributed by atoms with Gasteiger partial charge in [0.25, 0.3) is 0 Å². The van der Waals surface area contributed by atoms with Gasteiger partial charge in [-0.3, -0.25) is 0 Å². The molecule has 0 N–H and O–H groups in total. The van der Waals surface area contributed by atoms with E-state index in [1.54, 1.807) is 0 Å². The number of aryl methyl sites for hydroxylation is 2. The Hall–Kier alpha value is -3.03. The van der Waals surface area contributed by atoms with Crippen molar-refractivity contribution in [3.63, 3.8) is 0 Å². The van der Waals surface area contributed by atoms with Gasteiger partial charge in [-0.1, -0.05) is 78.2 Å². The van der Waals surface area contributed by atoms with Gasteiger partial charge in [0.1, 0.15) is 0 Å². The van der Waals surface area contributed by atoms with Crippen molar-refractivity contribution >= 4 is 21.5 Å². The molecule has 192 valence electrons. The number of rotatable bonds is 4. The maximum atomic E-state index is 2.50. The van der Waals surface area contributed by atoms with Gasteiger partial charge in [0.05, 0.1) is 0 Å². The van der Waals surface area contributed by atoms with Crippen LogP contribution in [0.3, 0.4) is 0 Å². The molecule has 1 fully saturated rings. The predicted molar refractivity (Wildman–Crippen MR) is 167 cm³/mol. The van der Waals surface area contributed by atoms with Crippen molar-refractivity contribution in [1.29, 1.82) is 0 Å². The van der Waals surface area contributed by atoms with E-state index in [1.807, 2.05) is 0 Å². The first kappa shape index (κ1) is 29.0. The summed E-state index contributed by atoms with van der Waals surface area (Å²) in [4.78, 5) is 0. The van der Waals surface area contributed by atoms with Crippen molar-refractivity contribution in [3.8, 4) is 22.3 Å². The molecule has 1 heteroatoms. The van der Waals surface area contributed by atoms with Gasteiger partial charge in [0.15, 0.2) is 0 Å². The zero-order chi connectivity index (χ0) is 24.3. The van der Waals surface area contributed by atoms with Crippen LogP contribution < -0.4 is 0 Å². The first-order chi connectivity index (χ1) is 17.6. The van der Waals surface area contributed by atoms with Crippen LogP contribution in [-0.2, 0) is 31.3 Å². The predicted octanol–water partition coefficient (Wildman–Crippen LogP) is 10.7. The Morgan fingerprint density at radius 1 is 0.538 bits per heavy atom. The average Bonchev–Trinajstić information content (AvgIpc) is 3.49. The number of hydrogen-bond donors (Lipinski definition) is 0. The van der Waals surface area contributed by atoms with E-state index >= 15 is 0 Å². The molecule has 0 amide bonds. The largest absolute Gasteiger partial charge is 4.00 e. The average molecular weight is 671 g/mol. The summed E-state index contributed by atoms with van der Waals surface area (Å²) in [6.45, 7) is 4.43. The smallest absolute Gasteiger partial charge is 0.358 e. The second kappa shape index (κ2) is 11.2. The molecule has 0 bridgehead atoms. The maximum Gasteiger partial charge on any atom is 4.00 e. The van der Waals surface area contributed by atoms with Crippen LogP contribution in [-0.4, -0.2) is 0 Å². The Labute approximate surface area is 253 Å². The van der Waals surface area contributed by atoms with Crippen LogP contribution in [0.2, 0.25) is 0 Å². The zero-order valence-electron chi connectivity index (χ0n) is 23.5. The Morgan fingerprint density at radius 2 is 0.949 bits per heavy atom. The van der Waals surface area contributed by atoms with Crippen LogP contribution in [0.25, 0.3) is 43.8 Å². The van der Waals surface area contributed by atoms with Crippen LogP contribution in [0.1, 0.15) is 41.5 Å². The van der Waals surface area contributed by atoms with Crippen molar-refractivity contribution in [2.45, 2.75) is 38.5 Å². The summed E-state index contributed by atoms with van der Waals surface area (Å²) in [7, 11) is 0. The molecule has 0 atom stereocenters. The molecule has 1 aliphatic rings. The molecule has 0 unspecified atom stereocenters. The summed E-state index contributed by atoms with van der Waals surface area (Å²) < 4.78 is 0. The minimum atomic E-state index is 0. The van der Waals surface area contributed by atoms with Gasteiger partial charge in [-0.05, 0) is 54.4 Å². The second-order valence-corrected chi connectivity index (χ2v) is 10.7. The van der Waals surface area contributed by atoms with Gasteiger partial charge in [-0.25, -0.2) is 0 Å². The fraction of sp³-hybridized carbons (Fsp3) is 0.158. The first-order valence-corrected chi connectivity index (χ1v) is 13.2. The summed E-state index contributed by atoms with van der Waals surface area (Å²) in [5.41, 5.74) is 11.1. The maximum absolute atomic E-state index is 2.50. The van der Waals surface area contributed by atoms with Crippen molar-refractivity contribution in [1.82, 2.24) is 0 Å². The molecule has 6 aromatic carbocycles. The molecule has 39 heavy (non-hydrogen) atoms. The van der Waals surface area contributed by atoms with Crippen LogP contribution >= 0.6 is 0 Å². The van der Waals surface area contributed by atoms with E-state index in [0.29, 0.717) is 0 Å². The van der Waals surface area contributed by atoms with E-state index < -0.39 is 0 Å². The molecule has 6 aromatic rings. The third-order valence-corrected chi connectivity index (χ3v) is 8.68. The molecule has 0 spiro atoms. The number of hydrogen-bond acceptors (Lipinski definition) is 0. The fourth-order valence-electron chi connectivity index (χ4n) is 6.52. The summed E-state index contributed by atoms with van der Waals surface area (Å²) in [5, 5.41) is 5.47. The van der Waals surface area contributed by atoms with Crippen LogP contribution in [0, 0.1) is 28.7 Å². The topological polar surface area (TPSA) is 0 Å². The molecular formula is C38H36Hf. The third kappa shape index (κ3) is 4.59. The molecule has 7 rings (SSSR count). The molecule has 1 saturated carbocycles. The van der Waals surface area contributed by atoms with Crippen LogP contribution in [0.15, 0.2) is 109 Å². The van der Waals surface area contributed by atoms with E-state index in [4.69, 9.17) is 0 Å². The summed E-state index contributed by atoms with van der Waals surface area (Å²) in [5.74, 6) is 0. The number of benzene rings is 4. The minimum absolute atomic E-state index is 0. The van der Waals surface area contributed by atoms with Crippen molar-refractivity contribution < 1.29 is 25.8 Å². The molecule has 0 aromatic heterocycles. The van der Waals surface area contributed by atoms with Gasteiger partial charge in [-0.15, -0.1) is 69.1 Å². The van der Waals surface area contributed by atoms with E-state index in [1.165, 1.54) is 85.3 Å². The van der Waals surface area contributed by atoms with Crippen molar-refractivity contribution in [2.75, 3.05) is 0 Å². The van der Waals surface area contributed by atoms with Crippen LogP contribution in [0.4, 0.5) is 0 Å². The van der Waals surface area contributed by atoms with Gasteiger partial charge < -0.3 is 14.9 Å². The fourth-order valence-corrected chi connectivity index (χ4v) is 6.52. The molecule has 1 aliphatic carbocycles. The molecular weight excluding hydrogens is 635 g/mol. The second-order valence-electron chi connectivity index (χ2n) is 10.7. The van der Waals surface area contributed by atoms with Crippen LogP contribution in [0.5, 0.6) is 0 Å². The van der Waals surface area contributed by atoms with E-state index in [0.717, 1.165) is 0 Å². The summed E-state index contributed by atoms with van der Waals surface area (Å²) >= 11 is 0. The third-order valence-electron chi connectivity index (χ3n) is 8.68. The molecule has 0 radical (unpaired) electrons. The van der Waals surface area contributed by atoms with E-state index in [9.17, 15) is 0 Å². The normalized spacial score (nSPS) is 13.7. The zero-order valence-corrected chi connectivity index (χ0v) is 27.1. The monoisotopic (exact) mass is 672 g/mol. The van der Waals surface area contributed by atoms with Gasteiger partial charge in [0.2, 0.25) is 0 Å². The molecule has 0 saturated heterocycles. The Morgan fingerprint density at radius 3 is 1.33 bits per heavy atom. The van der Waals surface area contributed by atoms with Gasteiger partial charge >= 0.3 is 25.8 Å². The summed E-state index contributed by atoms with van der Waals surface area (Å²) in [6.07, 6.45) is 3.73. The Balaban J connectivity index is 0.00000118. The molecule has 0 nitrogen and oxygen atoms in total. The molecule has 0 aliphatic heterocycles. The first-order valence-electron chi connectivity index (χ1n) is 13.2. The summed E-state index contributed by atoms with van der Waals surface area (Å²) in [6, 6.07) is 41.0. The van der Waals surface area contributed by atoms with E-state index in [2.05, 4.69) is 123 Å². The Kier molecular flexibility index (Phi) is 8.33. The van der Waals surface area contributed by atoms with Crippen molar-refractivity contribution in [3.05, 3.63) is 146 Å². The van der Waals surface area contributed by atoms with E-state index in [-0.39, 0.29) is 46.1 Å². The quantitative estimate of drug-likeness (QED) is 0.129. The van der Waals surface area contributed by atoms with Gasteiger partial charge in [0, 0.05) is 0 Å². The van der Waals surface area contributed by atoms with Crippen molar-refractivity contribution in [2.24, 2.45) is 0 Å². The Bertz CT molecular complexity index is 1610. The molecule has 0 heterocycles. The number of fused-ring (bicyclic) bond motifs is 2. The van der Waals surface area contributed by atoms with Gasteiger partial charge in [-0.2, -0.15) is 12.1 Å².